The molecule has 2 atom stereocenters. The van der Waals surface area contributed by atoms with Gasteiger partial charge in [0, 0.05) is 39.3 Å². The summed E-state index contributed by atoms with van der Waals surface area (Å²) in [4.78, 5) is 24.5. The van der Waals surface area contributed by atoms with E-state index in [0.717, 1.165) is 89.9 Å². The van der Waals surface area contributed by atoms with E-state index in [2.05, 4.69) is 50.9 Å². The van der Waals surface area contributed by atoms with E-state index < -0.39 is 28.4 Å². The first-order valence-electron chi connectivity index (χ1n) is 19.1. The first-order valence-corrected chi connectivity index (χ1v) is 22.2. The zero-order valence-electron chi connectivity index (χ0n) is 33.7. The van der Waals surface area contributed by atoms with Crippen LogP contribution in [0.25, 0.3) is 0 Å². The van der Waals surface area contributed by atoms with Crippen LogP contribution >= 0.6 is 60.2 Å². The Labute approximate surface area is 377 Å². The third-order valence-corrected chi connectivity index (χ3v) is 11.2. The standard InChI is InChI=1S/C17H14F3NO2S.C11H13NO3S.C7H5F3S.C6H15N.CH2Cl2/c18-17(19,20)12-5-8-14(9-6-12)24-16-3-1-2-11-4-7-13(21(22)23)10-15(11)16;13-12(14)9-5-4-8-2-1-3-11(15-7-16)10(8)6-9;8-7(9,10)5-1-3-6(11)4-2-5;1-4-7(5-2)6-3;2-1-3/h4-10,16H,1-3H2;4-6,11,16H,1-3,7H2;1-4,11H;4-6H2,1-3H3;1H2. The summed E-state index contributed by atoms with van der Waals surface area (Å²) in [5.74, 6) is 0.340. The molecule has 0 fully saturated rings. The number of aryl methyl sites for hydroxylation is 2. The average molecular weight is 957 g/mol. The molecule has 19 heteroatoms. The van der Waals surface area contributed by atoms with Gasteiger partial charge >= 0.3 is 12.4 Å². The average Bonchev–Trinajstić information content (AvgIpc) is 3.22. The molecule has 0 saturated carbocycles. The Bertz CT molecular complexity index is 1940. The van der Waals surface area contributed by atoms with Crippen molar-refractivity contribution in [3.63, 3.8) is 0 Å². The van der Waals surface area contributed by atoms with Crippen molar-refractivity contribution in [1.29, 1.82) is 0 Å². The largest absolute Gasteiger partial charge is 0.416 e. The molecule has 2 unspecified atom stereocenters. The van der Waals surface area contributed by atoms with Gasteiger partial charge in [0.25, 0.3) is 11.4 Å². The van der Waals surface area contributed by atoms with E-state index >= 15 is 0 Å². The molecule has 0 bridgehead atoms. The third kappa shape index (κ3) is 18.6. The van der Waals surface area contributed by atoms with Crippen molar-refractivity contribution < 1.29 is 40.9 Å². The number of thiol groups is 2. The predicted octanol–water partition coefficient (Wildman–Crippen LogP) is 14.4. The van der Waals surface area contributed by atoms with Gasteiger partial charge in [-0.05, 0) is 129 Å². The molecular formula is C42H49Cl2F6N3O5S3. The summed E-state index contributed by atoms with van der Waals surface area (Å²) in [6.45, 7) is 10.1. The van der Waals surface area contributed by atoms with Gasteiger partial charge in [-0.3, -0.25) is 20.2 Å². The smallest absolute Gasteiger partial charge is 0.363 e. The van der Waals surface area contributed by atoms with Crippen molar-refractivity contribution in [3.05, 3.63) is 139 Å². The number of ether oxygens (including phenoxy) is 1. The van der Waals surface area contributed by atoms with Crippen molar-refractivity contribution in [2.45, 2.75) is 92.8 Å². The maximum atomic E-state index is 12.6. The van der Waals surface area contributed by atoms with Gasteiger partial charge in [0.2, 0.25) is 0 Å². The van der Waals surface area contributed by atoms with Crippen LogP contribution in [0, 0.1) is 20.2 Å². The molecule has 6 rings (SSSR count). The molecule has 4 aromatic carbocycles. The number of nitrogens with zero attached hydrogens (tertiary/aromatic N) is 3. The molecule has 8 nitrogen and oxygen atoms in total. The molecule has 0 saturated heterocycles. The Balaban J connectivity index is 0.000000299. The zero-order valence-corrected chi connectivity index (χ0v) is 37.8. The van der Waals surface area contributed by atoms with E-state index in [9.17, 15) is 46.6 Å². The predicted molar refractivity (Wildman–Crippen MR) is 239 cm³/mol. The zero-order chi connectivity index (χ0) is 45.8. The highest BCUT2D eigenvalue weighted by molar-refractivity contribution is 7.99. The van der Waals surface area contributed by atoms with E-state index in [-0.39, 0.29) is 33.0 Å². The first-order chi connectivity index (χ1) is 28.8. The minimum absolute atomic E-state index is 0.0189. The molecule has 2 aliphatic rings. The van der Waals surface area contributed by atoms with Gasteiger partial charge in [-0.1, -0.05) is 32.9 Å². The van der Waals surface area contributed by atoms with Gasteiger partial charge in [-0.25, -0.2) is 0 Å². The number of rotatable bonds is 9. The summed E-state index contributed by atoms with van der Waals surface area (Å²) in [6.07, 6.45) is -3.01. The molecule has 0 heterocycles. The Morgan fingerprint density at radius 2 is 1.15 bits per heavy atom. The fourth-order valence-electron chi connectivity index (χ4n) is 6.31. The molecule has 336 valence electrons. The quantitative estimate of drug-likeness (QED) is 0.0431. The molecule has 4 aromatic rings. The van der Waals surface area contributed by atoms with E-state index in [0.29, 0.717) is 10.8 Å². The first kappa shape index (κ1) is 53.9. The van der Waals surface area contributed by atoms with E-state index in [1.54, 1.807) is 24.3 Å². The summed E-state index contributed by atoms with van der Waals surface area (Å²) in [7, 11) is 0. The molecule has 0 amide bonds. The highest BCUT2D eigenvalue weighted by Gasteiger charge is 2.31. The summed E-state index contributed by atoms with van der Waals surface area (Å²) in [5.41, 5.74) is 2.97. The van der Waals surface area contributed by atoms with Crippen LogP contribution in [-0.2, 0) is 29.9 Å². The molecular weight excluding hydrogens is 908 g/mol. The van der Waals surface area contributed by atoms with Crippen LogP contribution in [0.1, 0.15) is 91.2 Å². The summed E-state index contributed by atoms with van der Waals surface area (Å²) < 4.78 is 79.0. The van der Waals surface area contributed by atoms with Gasteiger partial charge in [0.1, 0.15) is 0 Å². The minimum atomic E-state index is -4.35. The maximum absolute atomic E-state index is 12.6. The molecule has 0 aliphatic heterocycles. The van der Waals surface area contributed by atoms with Crippen LogP contribution in [-0.4, -0.2) is 45.7 Å². The number of fused-ring (bicyclic) bond motifs is 2. The van der Waals surface area contributed by atoms with Crippen molar-refractivity contribution in [1.82, 2.24) is 4.90 Å². The Hall–Kier alpha value is -3.19. The molecule has 2 aliphatic carbocycles. The number of nitro groups is 2. The molecule has 0 N–H and O–H groups in total. The second-order valence-electron chi connectivity index (χ2n) is 13.2. The molecule has 0 radical (unpaired) electrons. The van der Waals surface area contributed by atoms with Gasteiger partial charge in [0.05, 0.1) is 38.4 Å². The Kier molecular flexibility index (Phi) is 24.0. The summed E-state index contributed by atoms with van der Waals surface area (Å²) in [5, 5.41) is 21.9. The van der Waals surface area contributed by atoms with Crippen molar-refractivity contribution in [2.24, 2.45) is 0 Å². The number of hydrogen-bond acceptors (Lipinski definition) is 9. The highest BCUT2D eigenvalue weighted by Crippen LogP contribution is 2.45. The Morgan fingerprint density at radius 3 is 1.56 bits per heavy atom. The summed E-state index contributed by atoms with van der Waals surface area (Å²) >= 11 is 18.9. The van der Waals surface area contributed by atoms with Crippen LogP contribution in [0.5, 0.6) is 0 Å². The van der Waals surface area contributed by atoms with Crippen LogP contribution in [0.15, 0.2) is 94.7 Å². The van der Waals surface area contributed by atoms with Gasteiger partial charge in [-0.15, -0.1) is 47.6 Å². The lowest BCUT2D eigenvalue weighted by Crippen LogP contribution is -2.21. The Morgan fingerprint density at radius 1 is 0.721 bits per heavy atom. The van der Waals surface area contributed by atoms with Crippen LogP contribution in [0.3, 0.4) is 0 Å². The number of non-ortho nitro benzene ring substituents is 2. The van der Waals surface area contributed by atoms with Crippen molar-refractivity contribution >= 4 is 71.6 Å². The van der Waals surface area contributed by atoms with Crippen molar-refractivity contribution in [2.75, 3.05) is 30.9 Å². The maximum Gasteiger partial charge on any atom is 0.416 e. The number of halogens is 8. The van der Waals surface area contributed by atoms with Crippen LogP contribution < -0.4 is 0 Å². The van der Waals surface area contributed by atoms with Gasteiger partial charge in [0.15, 0.2) is 0 Å². The van der Waals surface area contributed by atoms with E-state index in [4.69, 9.17) is 27.9 Å². The lowest BCUT2D eigenvalue weighted by Gasteiger charge is -2.25. The number of nitro benzene ring substituents is 2. The number of benzene rings is 4. The number of thioether (sulfide) groups is 1. The lowest BCUT2D eigenvalue weighted by atomic mass is 9.89. The third-order valence-electron chi connectivity index (χ3n) is 9.47. The van der Waals surface area contributed by atoms with E-state index in [1.165, 1.54) is 61.7 Å². The second kappa shape index (κ2) is 27.1. The summed E-state index contributed by atoms with van der Waals surface area (Å²) in [6, 6.07) is 19.6. The number of alkyl halides is 8. The SMILES string of the molecule is CCN(CC)CC.ClCCl.FC(F)(F)c1ccc(S)cc1.O=[N+]([O-])c1ccc2c(c1)C(OCS)CCC2.O=[N+]([O-])c1ccc2c(c1)C(Sc1ccc(C(F)(F)F)cc1)CCC2. The fraction of sp³-hybridized carbons (Fsp3) is 0.429. The van der Waals surface area contributed by atoms with Crippen molar-refractivity contribution in [3.8, 4) is 0 Å². The minimum Gasteiger partial charge on any atom is -0.363 e. The second-order valence-corrected chi connectivity index (χ2v) is 16.1. The monoisotopic (exact) mass is 955 g/mol. The normalized spacial score (nSPS) is 15.4. The highest BCUT2D eigenvalue weighted by atomic mass is 35.5. The fourth-order valence-corrected chi connectivity index (χ4v) is 7.89. The topological polar surface area (TPSA) is 98.8 Å². The molecule has 0 aromatic heterocycles. The van der Waals surface area contributed by atoms with Gasteiger partial charge in [-0.2, -0.15) is 39.0 Å². The lowest BCUT2D eigenvalue weighted by molar-refractivity contribution is -0.385. The molecule has 0 spiro atoms. The van der Waals surface area contributed by atoms with E-state index in [1.807, 2.05) is 6.07 Å². The molecule has 61 heavy (non-hydrogen) atoms. The van der Waals surface area contributed by atoms with Crippen LogP contribution in [0.2, 0.25) is 0 Å². The van der Waals surface area contributed by atoms with Gasteiger partial charge < -0.3 is 9.64 Å². The van der Waals surface area contributed by atoms with Crippen LogP contribution in [0.4, 0.5) is 37.7 Å². The number of hydrogen-bond donors (Lipinski definition) is 2.